The van der Waals surface area contributed by atoms with E-state index in [9.17, 15) is 42.1 Å². The van der Waals surface area contributed by atoms with E-state index in [2.05, 4.69) is 20.3 Å². The number of nitrogens with two attached hydrogens (primary N) is 1. The van der Waals surface area contributed by atoms with Crippen LogP contribution in [0.1, 0.15) is 23.0 Å². The minimum absolute atomic E-state index is 0.259. The van der Waals surface area contributed by atoms with Crippen molar-refractivity contribution in [2.24, 2.45) is 10.7 Å². The fourth-order valence-electron chi connectivity index (χ4n) is 3.09. The molecule has 1 atom stereocenters. The van der Waals surface area contributed by atoms with Crippen molar-refractivity contribution in [3.63, 3.8) is 0 Å². The van der Waals surface area contributed by atoms with Crippen LogP contribution < -0.4 is 16.6 Å². The minimum atomic E-state index is -4.79. The van der Waals surface area contributed by atoms with E-state index in [4.69, 9.17) is 5.73 Å². The number of carbonyl (C=O) groups excluding carboxylic acids is 1. The molecule has 172 valence electrons. The smallest absolute Gasteiger partial charge is 0.369 e. The number of benzene rings is 1. The highest BCUT2D eigenvalue weighted by Crippen LogP contribution is 2.37. The first-order chi connectivity index (χ1) is 14.6. The largest absolute Gasteiger partial charge is 0.385 e. The molecule has 0 saturated heterocycles. The van der Waals surface area contributed by atoms with Crippen LogP contribution in [0.15, 0.2) is 34.3 Å². The number of amides is 1. The van der Waals surface area contributed by atoms with Gasteiger partial charge in [-0.3, -0.25) is 9.59 Å². The molecule has 0 spiro atoms. The van der Waals surface area contributed by atoms with Crippen molar-refractivity contribution in [1.29, 1.82) is 0 Å². The lowest BCUT2D eigenvalue weighted by Crippen LogP contribution is -2.62. The summed E-state index contributed by atoms with van der Waals surface area (Å²) in [5.41, 5.74) is 1.56. The molecule has 0 radical (unpaired) electrons. The average Bonchev–Trinajstić information content (AvgIpc) is 2.61. The monoisotopic (exact) mass is 474 g/mol. The van der Waals surface area contributed by atoms with Gasteiger partial charge in [0.2, 0.25) is 16.0 Å². The Hall–Kier alpha value is -3.47. The number of anilines is 1. The van der Waals surface area contributed by atoms with Crippen molar-refractivity contribution < 1.29 is 37.3 Å². The van der Waals surface area contributed by atoms with E-state index in [0.29, 0.717) is 6.07 Å². The number of hydrogen-bond acceptors (Lipinski definition) is 10. The van der Waals surface area contributed by atoms with E-state index in [1.807, 2.05) is 0 Å². The van der Waals surface area contributed by atoms with E-state index in [1.54, 1.807) is 0 Å². The molecule has 2 heterocycles. The summed E-state index contributed by atoms with van der Waals surface area (Å²) < 4.78 is 53.4. The number of nitrogens with one attached hydrogen (secondary N) is 2. The number of aromatic nitrogens is 2. The number of rotatable bonds is 4. The maximum absolute atomic E-state index is 14.6. The molecular weight excluding hydrogens is 458 g/mol. The summed E-state index contributed by atoms with van der Waals surface area (Å²) in [4.78, 5) is 32.8. The van der Waals surface area contributed by atoms with Crippen LogP contribution in [0.5, 0.6) is 0 Å². The fourth-order valence-corrected chi connectivity index (χ4v) is 4.84. The van der Waals surface area contributed by atoms with Gasteiger partial charge in [-0.1, -0.05) is 0 Å². The number of sulfonamides is 1. The number of guanidine groups is 1. The summed E-state index contributed by atoms with van der Waals surface area (Å²) in [6.07, 6.45) is -2.11. The third-order valence-corrected chi connectivity index (χ3v) is 6.27. The third kappa shape index (κ3) is 4.28. The molecule has 1 aliphatic heterocycles. The lowest BCUT2D eigenvalue weighted by Gasteiger charge is -2.38. The summed E-state index contributed by atoms with van der Waals surface area (Å²) in [5.74, 6) is -6.14. The van der Waals surface area contributed by atoms with E-state index in [0.717, 1.165) is 25.4 Å². The second-order valence-electron chi connectivity index (χ2n) is 6.93. The van der Waals surface area contributed by atoms with E-state index in [-0.39, 0.29) is 11.4 Å². The van der Waals surface area contributed by atoms with E-state index in [1.165, 1.54) is 0 Å². The van der Waals surface area contributed by atoms with Gasteiger partial charge < -0.3 is 31.4 Å². The van der Waals surface area contributed by atoms with Gasteiger partial charge in [-0.25, -0.2) is 27.2 Å². The summed E-state index contributed by atoms with van der Waals surface area (Å²) in [7, 11) is -4.79. The van der Waals surface area contributed by atoms with Gasteiger partial charge in [-0.05, 0) is 13.0 Å². The molecule has 0 bridgehead atoms. The molecule has 13 nitrogen and oxygen atoms in total. The average molecular weight is 474 g/mol. The molecule has 16 heteroatoms. The topological polar surface area (TPSA) is 211 Å². The van der Waals surface area contributed by atoms with Gasteiger partial charge in [-0.15, -0.1) is 0 Å². The third-order valence-electron chi connectivity index (χ3n) is 4.35. The molecule has 0 saturated carbocycles. The Labute approximate surface area is 177 Å². The Morgan fingerprint density at radius 1 is 1.34 bits per heavy atom. The molecule has 0 fully saturated rings. The quantitative estimate of drug-likeness (QED) is 0.272. The normalized spacial score (nSPS) is 20.6. The molecule has 32 heavy (non-hydrogen) atoms. The highest BCUT2D eigenvalue weighted by Gasteiger charge is 2.50. The molecule has 1 aromatic heterocycles. The maximum atomic E-state index is 14.6. The van der Waals surface area contributed by atoms with Crippen LogP contribution in [0, 0.1) is 11.6 Å². The van der Waals surface area contributed by atoms with Crippen LogP contribution in [0.2, 0.25) is 0 Å². The van der Waals surface area contributed by atoms with Crippen molar-refractivity contribution in [2.75, 3.05) is 11.1 Å². The highest BCUT2D eigenvalue weighted by molar-refractivity contribution is 7.89. The fraction of sp³-hybridized carbons (Fsp3) is 0.250. The second-order valence-corrected chi connectivity index (χ2v) is 8.75. The number of H-pyrrole nitrogens is 1. The molecule has 1 aliphatic rings. The summed E-state index contributed by atoms with van der Waals surface area (Å²) in [6.45, 7) is 1.06. The first kappa shape index (κ1) is 23.2. The molecule has 2 aromatic rings. The van der Waals surface area contributed by atoms with Crippen LogP contribution in [-0.2, 0) is 15.6 Å². The number of aromatic amines is 1. The first-order valence-corrected chi connectivity index (χ1v) is 10.2. The Morgan fingerprint density at radius 2 is 2.00 bits per heavy atom. The van der Waals surface area contributed by atoms with Gasteiger partial charge >= 0.3 is 6.10 Å². The predicted molar refractivity (Wildman–Crippen MR) is 103 cm³/mol. The zero-order valence-corrected chi connectivity index (χ0v) is 16.9. The number of nitrogens with zero attached hydrogens (tertiary/aromatic N) is 3. The van der Waals surface area contributed by atoms with E-state index >= 15 is 0 Å². The SMILES string of the molecule is C[C@@]1(c2cc(NC(=O)c3c[nH]c(=O)cn3)cc(F)c2F)CS(=O)(=O)N(C(O)(O)O)C(N)=N1. The number of carbonyl (C=O) groups is 1. The lowest BCUT2D eigenvalue weighted by molar-refractivity contribution is -0.355. The highest BCUT2D eigenvalue weighted by atomic mass is 32.2. The van der Waals surface area contributed by atoms with Crippen LogP contribution >= 0.6 is 0 Å². The molecule has 0 aliphatic carbocycles. The minimum Gasteiger partial charge on any atom is -0.369 e. The van der Waals surface area contributed by atoms with Gasteiger partial charge in [0.05, 0.1) is 11.9 Å². The van der Waals surface area contributed by atoms with Gasteiger partial charge in [0.1, 0.15) is 11.2 Å². The Balaban J connectivity index is 2.06. The summed E-state index contributed by atoms with van der Waals surface area (Å²) in [6, 6.07) is 1.51. The zero-order valence-electron chi connectivity index (χ0n) is 16.1. The van der Waals surface area contributed by atoms with Crippen molar-refractivity contribution in [3.8, 4) is 0 Å². The Bertz CT molecular complexity index is 1270. The number of aliphatic imine (C=N–C) groups is 1. The summed E-state index contributed by atoms with van der Waals surface area (Å²) in [5, 5.41) is 29.9. The Kier molecular flexibility index (Phi) is 5.50. The van der Waals surface area contributed by atoms with Gasteiger partial charge in [0.25, 0.3) is 11.5 Å². The zero-order chi connectivity index (χ0) is 24.1. The van der Waals surface area contributed by atoms with Crippen molar-refractivity contribution in [3.05, 3.63) is 57.8 Å². The Morgan fingerprint density at radius 3 is 2.53 bits per heavy atom. The number of halogens is 2. The van der Waals surface area contributed by atoms with Gasteiger partial charge in [0, 0.05) is 23.5 Å². The number of aliphatic hydroxyl groups is 3. The van der Waals surface area contributed by atoms with Crippen molar-refractivity contribution in [1.82, 2.24) is 14.3 Å². The van der Waals surface area contributed by atoms with Crippen LogP contribution in [0.25, 0.3) is 0 Å². The van der Waals surface area contributed by atoms with Crippen LogP contribution in [-0.4, -0.2) is 61.7 Å². The molecule has 0 unspecified atom stereocenters. The predicted octanol–water partition coefficient (Wildman–Crippen LogP) is -1.94. The molecule has 3 rings (SSSR count). The van der Waals surface area contributed by atoms with Crippen molar-refractivity contribution >= 4 is 27.6 Å². The van der Waals surface area contributed by atoms with Crippen LogP contribution in [0.3, 0.4) is 0 Å². The standard InChI is InChI=1S/C16H16F2N6O7S/c1-15(6-32(30,31)24(14(19)23-15)16(27,28)29)8-2-7(3-9(17)12(8)18)22-13(26)10-4-21-11(25)5-20-10/h2-5,27-29H,6H2,1H3,(H2,19,23)(H,21,25)(H,22,26)/t15-/m0/s1. The summed E-state index contributed by atoms with van der Waals surface area (Å²) >= 11 is 0. The number of hydrogen-bond donors (Lipinski definition) is 6. The first-order valence-electron chi connectivity index (χ1n) is 8.55. The molecular formula is C16H16F2N6O7S. The van der Waals surface area contributed by atoms with Gasteiger partial charge in [0.15, 0.2) is 11.6 Å². The molecule has 1 amide bonds. The molecule has 7 N–H and O–H groups in total. The second kappa shape index (κ2) is 7.59. The lowest BCUT2D eigenvalue weighted by atomic mass is 9.93. The maximum Gasteiger partial charge on any atom is 0.385 e. The van der Waals surface area contributed by atoms with E-state index < -0.39 is 66.3 Å². The van der Waals surface area contributed by atoms with Crippen molar-refractivity contribution in [2.45, 2.75) is 18.6 Å². The van der Waals surface area contributed by atoms with Crippen LogP contribution in [0.4, 0.5) is 14.5 Å². The van der Waals surface area contributed by atoms with Gasteiger partial charge in [-0.2, -0.15) is 4.31 Å². The molecule has 1 aromatic carbocycles.